The smallest absolute Gasteiger partial charge is 0.252 e. The van der Waals surface area contributed by atoms with Crippen LogP contribution in [0.5, 0.6) is 0 Å². The molecular weight excluding hydrogens is 419 g/mol. The predicted octanol–water partition coefficient (Wildman–Crippen LogP) is 4.27. The maximum Gasteiger partial charge on any atom is 0.252 e. The van der Waals surface area contributed by atoms with Crippen molar-refractivity contribution < 1.29 is 17.2 Å². The van der Waals surface area contributed by atoms with Gasteiger partial charge in [-0.1, -0.05) is 24.3 Å². The molecule has 0 saturated heterocycles. The molecule has 0 amide bonds. The second kappa shape index (κ2) is 8.13. The first-order valence-electron chi connectivity index (χ1n) is 9.66. The molecule has 2 heterocycles. The fraction of sp³-hybridized carbons (Fsp3) is 0.174. The van der Waals surface area contributed by atoms with Gasteiger partial charge < -0.3 is 9.40 Å². The average molecular weight is 440 g/mol. The van der Waals surface area contributed by atoms with Crippen molar-refractivity contribution in [2.75, 3.05) is 0 Å². The molecule has 31 heavy (non-hydrogen) atoms. The Balaban J connectivity index is 1.80. The van der Waals surface area contributed by atoms with Gasteiger partial charge in [0.05, 0.1) is 18.3 Å². The van der Waals surface area contributed by atoms with Gasteiger partial charge >= 0.3 is 0 Å². The van der Waals surface area contributed by atoms with Crippen LogP contribution < -0.4 is 5.56 Å². The van der Waals surface area contributed by atoms with Crippen LogP contribution >= 0.6 is 0 Å². The lowest BCUT2D eigenvalue weighted by atomic mass is 10.0. The molecule has 4 aromatic rings. The Kier molecular flexibility index (Phi) is 5.51. The van der Waals surface area contributed by atoms with Gasteiger partial charge in [-0.25, -0.2) is 12.8 Å². The number of benzene rings is 2. The second-order valence-electron chi connectivity index (χ2n) is 7.38. The van der Waals surface area contributed by atoms with E-state index in [9.17, 15) is 17.6 Å². The number of rotatable bonds is 6. The van der Waals surface area contributed by atoms with Crippen molar-refractivity contribution in [2.24, 2.45) is 0 Å². The molecule has 2 aromatic heterocycles. The average Bonchev–Trinajstić information content (AvgIpc) is 3.25. The van der Waals surface area contributed by atoms with Gasteiger partial charge in [0.2, 0.25) is 10.0 Å². The molecule has 0 bridgehead atoms. The minimum atomic E-state index is -4.25. The van der Waals surface area contributed by atoms with E-state index in [4.69, 9.17) is 4.42 Å². The summed E-state index contributed by atoms with van der Waals surface area (Å²) in [6.07, 6.45) is 1.43. The Morgan fingerprint density at radius 3 is 2.52 bits per heavy atom. The summed E-state index contributed by atoms with van der Waals surface area (Å²) in [5.74, 6) is -0.478. The molecule has 0 saturated carbocycles. The standard InChI is InChI=1S/C23H21FN2O4S/c1-15-9-10-17-12-18(23(27)25-22(17)16(15)2)13-26(14-19-6-5-11-30-19)31(28,29)21-8-4-3-7-20(21)24/h3-12H,13-14H2,1-2H3,(H,25,27). The van der Waals surface area contributed by atoms with Crippen LogP contribution in [-0.2, 0) is 23.1 Å². The summed E-state index contributed by atoms with van der Waals surface area (Å²) in [7, 11) is -4.25. The molecule has 0 fully saturated rings. The number of nitrogens with one attached hydrogen (secondary N) is 1. The van der Waals surface area contributed by atoms with E-state index in [0.717, 1.165) is 26.9 Å². The van der Waals surface area contributed by atoms with E-state index in [2.05, 4.69) is 4.98 Å². The van der Waals surface area contributed by atoms with Crippen LogP contribution in [0.1, 0.15) is 22.5 Å². The zero-order chi connectivity index (χ0) is 22.2. The van der Waals surface area contributed by atoms with Crippen LogP contribution in [0.2, 0.25) is 0 Å². The number of hydrogen-bond donors (Lipinski definition) is 1. The molecule has 0 spiro atoms. The topological polar surface area (TPSA) is 83.4 Å². The number of pyridine rings is 1. The molecule has 0 radical (unpaired) electrons. The highest BCUT2D eigenvalue weighted by Gasteiger charge is 2.29. The third kappa shape index (κ3) is 4.04. The maximum atomic E-state index is 14.3. The first-order valence-corrected chi connectivity index (χ1v) is 11.1. The minimum absolute atomic E-state index is 0.145. The van der Waals surface area contributed by atoms with Crippen molar-refractivity contribution >= 4 is 20.9 Å². The number of sulfonamides is 1. The van der Waals surface area contributed by atoms with E-state index in [0.29, 0.717) is 11.3 Å². The predicted molar refractivity (Wildman–Crippen MR) is 116 cm³/mol. The Morgan fingerprint density at radius 2 is 1.81 bits per heavy atom. The molecule has 1 N–H and O–H groups in total. The largest absolute Gasteiger partial charge is 0.468 e. The Morgan fingerprint density at radius 1 is 1.03 bits per heavy atom. The number of fused-ring (bicyclic) bond motifs is 1. The molecule has 4 rings (SSSR count). The quantitative estimate of drug-likeness (QED) is 0.485. The molecule has 0 aliphatic heterocycles. The highest BCUT2D eigenvalue weighted by atomic mass is 32.2. The van der Waals surface area contributed by atoms with Crippen LogP contribution in [-0.4, -0.2) is 17.7 Å². The van der Waals surface area contributed by atoms with Crippen molar-refractivity contribution in [3.63, 3.8) is 0 Å². The van der Waals surface area contributed by atoms with Gasteiger partial charge in [-0.3, -0.25) is 4.79 Å². The van der Waals surface area contributed by atoms with E-state index < -0.39 is 26.3 Å². The van der Waals surface area contributed by atoms with Crippen molar-refractivity contribution in [1.29, 1.82) is 0 Å². The summed E-state index contributed by atoms with van der Waals surface area (Å²) in [6.45, 7) is 3.48. The number of nitrogens with zero attached hydrogens (tertiary/aromatic N) is 1. The van der Waals surface area contributed by atoms with Crippen LogP contribution in [0.3, 0.4) is 0 Å². The van der Waals surface area contributed by atoms with Crippen LogP contribution in [0.25, 0.3) is 10.9 Å². The number of aryl methyl sites for hydroxylation is 2. The van der Waals surface area contributed by atoms with Gasteiger partial charge in [0.15, 0.2) is 0 Å². The molecule has 0 aliphatic rings. The summed E-state index contributed by atoms with van der Waals surface area (Å²) in [6, 6.07) is 13.9. The second-order valence-corrected chi connectivity index (χ2v) is 9.28. The number of furan rings is 1. The summed E-state index contributed by atoms with van der Waals surface area (Å²) in [5.41, 5.74) is 2.56. The third-order valence-electron chi connectivity index (χ3n) is 5.34. The van der Waals surface area contributed by atoms with Gasteiger partial charge in [0.25, 0.3) is 5.56 Å². The minimum Gasteiger partial charge on any atom is -0.468 e. The van der Waals surface area contributed by atoms with Crippen LogP contribution in [0, 0.1) is 19.7 Å². The van der Waals surface area contributed by atoms with Gasteiger partial charge in [-0.2, -0.15) is 4.31 Å². The van der Waals surface area contributed by atoms with Gasteiger partial charge in [-0.05, 0) is 60.7 Å². The fourth-order valence-corrected chi connectivity index (χ4v) is 4.92. The third-order valence-corrected chi connectivity index (χ3v) is 7.17. The molecule has 2 aromatic carbocycles. The van der Waals surface area contributed by atoms with Crippen LogP contribution in [0.4, 0.5) is 4.39 Å². The zero-order valence-corrected chi connectivity index (χ0v) is 17.9. The first kappa shape index (κ1) is 21.0. The fourth-order valence-electron chi connectivity index (χ4n) is 3.47. The molecular formula is C23H21FN2O4S. The molecule has 0 atom stereocenters. The first-order chi connectivity index (χ1) is 14.8. The summed E-state index contributed by atoms with van der Waals surface area (Å²) in [4.78, 5) is 15.2. The van der Waals surface area contributed by atoms with Crippen LogP contribution in [0.15, 0.2) is 75.0 Å². The molecule has 0 unspecified atom stereocenters. The monoisotopic (exact) mass is 440 g/mol. The summed E-state index contributed by atoms with van der Waals surface area (Å²) < 4.78 is 47.3. The summed E-state index contributed by atoms with van der Waals surface area (Å²) in [5, 5.41) is 0.791. The SMILES string of the molecule is Cc1ccc2cc(CN(Cc3ccco3)S(=O)(=O)c3ccccc3F)c(=O)[nH]c2c1C. The van der Waals surface area contributed by atoms with E-state index in [1.54, 1.807) is 18.2 Å². The lowest BCUT2D eigenvalue weighted by molar-refractivity contribution is 0.356. The van der Waals surface area contributed by atoms with Gasteiger partial charge in [-0.15, -0.1) is 0 Å². The summed E-state index contributed by atoms with van der Waals surface area (Å²) >= 11 is 0. The molecule has 6 nitrogen and oxygen atoms in total. The lowest BCUT2D eigenvalue weighted by Crippen LogP contribution is -2.33. The Hall–Kier alpha value is -3.23. The van der Waals surface area contributed by atoms with Crippen molar-refractivity contribution in [3.8, 4) is 0 Å². The lowest BCUT2D eigenvalue weighted by Gasteiger charge is -2.21. The maximum absolute atomic E-state index is 14.3. The zero-order valence-electron chi connectivity index (χ0n) is 17.1. The van der Waals surface area contributed by atoms with Crippen molar-refractivity contribution in [3.05, 3.63) is 99.5 Å². The number of H-pyrrole nitrogens is 1. The Labute approximate surface area is 179 Å². The highest BCUT2D eigenvalue weighted by molar-refractivity contribution is 7.89. The highest BCUT2D eigenvalue weighted by Crippen LogP contribution is 2.24. The van der Waals surface area contributed by atoms with Gasteiger partial charge in [0, 0.05) is 12.1 Å². The molecule has 0 aliphatic carbocycles. The number of halogens is 1. The van der Waals surface area contributed by atoms with E-state index >= 15 is 0 Å². The van der Waals surface area contributed by atoms with Gasteiger partial charge in [0.1, 0.15) is 16.5 Å². The molecule has 160 valence electrons. The van der Waals surface area contributed by atoms with E-state index in [-0.39, 0.29) is 18.7 Å². The Bertz CT molecular complexity index is 1410. The number of aromatic nitrogens is 1. The molecule has 8 heteroatoms. The number of aromatic amines is 1. The van der Waals surface area contributed by atoms with Crippen molar-refractivity contribution in [2.45, 2.75) is 31.8 Å². The van der Waals surface area contributed by atoms with E-state index in [1.807, 2.05) is 26.0 Å². The number of hydrogen-bond acceptors (Lipinski definition) is 4. The normalized spacial score (nSPS) is 12.0. The van der Waals surface area contributed by atoms with Crippen molar-refractivity contribution in [1.82, 2.24) is 9.29 Å². The van der Waals surface area contributed by atoms with E-state index in [1.165, 1.54) is 24.5 Å².